The number of rotatable bonds is 3. The van der Waals surface area contributed by atoms with Gasteiger partial charge in [-0.25, -0.2) is 0 Å². The molecular formula is C14H19NO3. The summed E-state index contributed by atoms with van der Waals surface area (Å²) in [6.07, 6.45) is 1.73. The van der Waals surface area contributed by atoms with E-state index in [0.717, 1.165) is 25.0 Å². The first-order valence-electron chi connectivity index (χ1n) is 6.30. The van der Waals surface area contributed by atoms with Crippen LogP contribution in [0.1, 0.15) is 31.2 Å². The van der Waals surface area contributed by atoms with Gasteiger partial charge in [0, 0.05) is 12.3 Å². The molecule has 0 bridgehead atoms. The van der Waals surface area contributed by atoms with Gasteiger partial charge < -0.3 is 15.2 Å². The molecule has 2 unspecified atom stereocenters. The van der Waals surface area contributed by atoms with E-state index < -0.39 is 0 Å². The Bertz CT molecular complexity index is 413. The number of nitrogens with two attached hydrogens (primary N) is 1. The lowest BCUT2D eigenvalue weighted by Crippen LogP contribution is -2.29. The predicted octanol–water partition coefficient (Wildman–Crippen LogP) is 2.09. The summed E-state index contributed by atoms with van der Waals surface area (Å²) in [7, 11) is 0. The summed E-state index contributed by atoms with van der Waals surface area (Å²) in [6.45, 7) is 3.11. The molecule has 1 fully saturated rings. The third kappa shape index (κ3) is 3.23. The molecule has 1 aromatic rings. The third-order valence-corrected chi connectivity index (χ3v) is 3.17. The number of esters is 1. The number of hydrogen-bond acceptors (Lipinski definition) is 4. The zero-order valence-corrected chi connectivity index (χ0v) is 10.6. The summed E-state index contributed by atoms with van der Waals surface area (Å²) in [4.78, 5) is 12.0. The smallest absolute Gasteiger partial charge is 0.313 e. The van der Waals surface area contributed by atoms with Crippen LogP contribution in [-0.4, -0.2) is 25.3 Å². The molecule has 1 saturated heterocycles. The highest BCUT2D eigenvalue weighted by atomic mass is 16.6. The van der Waals surface area contributed by atoms with E-state index in [1.165, 1.54) is 0 Å². The molecule has 0 aliphatic carbocycles. The van der Waals surface area contributed by atoms with E-state index in [2.05, 4.69) is 0 Å². The summed E-state index contributed by atoms with van der Waals surface area (Å²) in [6, 6.07) is 7.34. The molecule has 2 rings (SSSR count). The Morgan fingerprint density at radius 2 is 2.39 bits per heavy atom. The van der Waals surface area contributed by atoms with Gasteiger partial charge in [-0.3, -0.25) is 4.79 Å². The van der Waals surface area contributed by atoms with Crippen molar-refractivity contribution >= 4 is 11.7 Å². The highest BCUT2D eigenvalue weighted by Crippen LogP contribution is 2.21. The Labute approximate surface area is 107 Å². The van der Waals surface area contributed by atoms with Crippen molar-refractivity contribution in [2.75, 3.05) is 18.9 Å². The van der Waals surface area contributed by atoms with Crippen molar-refractivity contribution in [3.63, 3.8) is 0 Å². The quantitative estimate of drug-likeness (QED) is 0.658. The molecule has 4 nitrogen and oxygen atoms in total. The molecule has 0 amide bonds. The van der Waals surface area contributed by atoms with E-state index in [4.69, 9.17) is 15.2 Å². The van der Waals surface area contributed by atoms with Crippen molar-refractivity contribution in [2.45, 2.75) is 31.8 Å². The van der Waals surface area contributed by atoms with Gasteiger partial charge in [-0.05, 0) is 37.5 Å². The van der Waals surface area contributed by atoms with Crippen molar-refractivity contribution in [3.8, 4) is 0 Å². The van der Waals surface area contributed by atoms with Gasteiger partial charge in [0.15, 0.2) is 0 Å². The minimum atomic E-state index is -0.296. The van der Waals surface area contributed by atoms with E-state index in [0.29, 0.717) is 12.3 Å². The normalized spacial score (nSPS) is 21.3. The topological polar surface area (TPSA) is 61.5 Å². The molecule has 98 valence electrons. The van der Waals surface area contributed by atoms with Gasteiger partial charge in [0.25, 0.3) is 0 Å². The lowest BCUT2D eigenvalue weighted by atomic mass is 10.0. The van der Waals surface area contributed by atoms with Gasteiger partial charge >= 0.3 is 5.97 Å². The first-order valence-corrected chi connectivity index (χ1v) is 6.30. The molecule has 4 heteroatoms. The maximum Gasteiger partial charge on any atom is 0.313 e. The van der Waals surface area contributed by atoms with Gasteiger partial charge in [0.1, 0.15) is 6.10 Å². The number of carbonyl (C=O) groups is 1. The van der Waals surface area contributed by atoms with Crippen molar-refractivity contribution in [1.29, 1.82) is 0 Å². The van der Waals surface area contributed by atoms with Crippen LogP contribution in [0.3, 0.4) is 0 Å². The molecule has 0 spiro atoms. The number of hydrogen-bond donors (Lipinski definition) is 1. The fraction of sp³-hybridized carbons (Fsp3) is 0.500. The second-order valence-electron chi connectivity index (χ2n) is 4.67. The van der Waals surface area contributed by atoms with Crippen LogP contribution >= 0.6 is 0 Å². The standard InChI is InChI=1S/C14H19NO3/c1-10(11-4-2-5-12(15)8-11)14(16)18-13-6-3-7-17-9-13/h2,4-5,8,10,13H,3,6-7,9,15H2,1H3. The molecule has 1 aliphatic heterocycles. The average molecular weight is 249 g/mol. The molecule has 2 N–H and O–H groups in total. The van der Waals surface area contributed by atoms with Gasteiger partial charge in [0.2, 0.25) is 0 Å². The first-order chi connectivity index (χ1) is 8.66. The molecule has 1 aliphatic rings. The minimum Gasteiger partial charge on any atom is -0.459 e. The van der Waals surface area contributed by atoms with Crippen LogP contribution in [-0.2, 0) is 14.3 Å². The maximum atomic E-state index is 12.0. The van der Waals surface area contributed by atoms with E-state index in [1.54, 1.807) is 6.07 Å². The van der Waals surface area contributed by atoms with Gasteiger partial charge in [-0.15, -0.1) is 0 Å². The Balaban J connectivity index is 1.95. The van der Waals surface area contributed by atoms with Crippen LogP contribution < -0.4 is 5.73 Å². The Morgan fingerprint density at radius 3 is 3.06 bits per heavy atom. The van der Waals surface area contributed by atoms with E-state index in [-0.39, 0.29) is 18.0 Å². The fourth-order valence-electron chi connectivity index (χ4n) is 2.03. The molecule has 0 saturated carbocycles. The molecule has 0 radical (unpaired) electrons. The monoisotopic (exact) mass is 249 g/mol. The van der Waals surface area contributed by atoms with Crippen molar-refractivity contribution < 1.29 is 14.3 Å². The largest absolute Gasteiger partial charge is 0.459 e. The van der Waals surface area contributed by atoms with Gasteiger partial charge in [-0.2, -0.15) is 0 Å². The lowest BCUT2D eigenvalue weighted by Gasteiger charge is -2.23. The summed E-state index contributed by atoms with van der Waals surface area (Å²) < 4.78 is 10.7. The molecule has 18 heavy (non-hydrogen) atoms. The Morgan fingerprint density at radius 1 is 1.56 bits per heavy atom. The van der Waals surface area contributed by atoms with Crippen LogP contribution in [0, 0.1) is 0 Å². The summed E-state index contributed by atoms with van der Waals surface area (Å²) in [5, 5.41) is 0. The molecule has 0 aromatic heterocycles. The third-order valence-electron chi connectivity index (χ3n) is 3.17. The number of ether oxygens (including phenoxy) is 2. The average Bonchev–Trinajstić information content (AvgIpc) is 2.39. The Kier molecular flexibility index (Phi) is 4.20. The van der Waals surface area contributed by atoms with E-state index >= 15 is 0 Å². The summed E-state index contributed by atoms with van der Waals surface area (Å²) in [5.41, 5.74) is 7.25. The fourth-order valence-corrected chi connectivity index (χ4v) is 2.03. The SMILES string of the molecule is CC(C(=O)OC1CCCOC1)c1cccc(N)c1. The van der Waals surface area contributed by atoms with Gasteiger partial charge in [-0.1, -0.05) is 12.1 Å². The van der Waals surface area contributed by atoms with Crippen LogP contribution in [0.2, 0.25) is 0 Å². The zero-order valence-electron chi connectivity index (χ0n) is 10.6. The number of nitrogen functional groups attached to an aromatic ring is 1. The van der Waals surface area contributed by atoms with Crippen molar-refractivity contribution in [1.82, 2.24) is 0 Å². The first kappa shape index (κ1) is 12.9. The van der Waals surface area contributed by atoms with Crippen molar-refractivity contribution in [2.24, 2.45) is 0 Å². The number of carbonyl (C=O) groups excluding carboxylic acids is 1. The molecule has 2 atom stereocenters. The lowest BCUT2D eigenvalue weighted by molar-refractivity contribution is -0.156. The molecule has 1 aromatic carbocycles. The minimum absolute atomic E-state index is 0.102. The van der Waals surface area contributed by atoms with E-state index in [9.17, 15) is 4.79 Å². The highest BCUT2D eigenvalue weighted by molar-refractivity contribution is 5.78. The predicted molar refractivity (Wildman–Crippen MR) is 69.2 cm³/mol. The second kappa shape index (κ2) is 5.87. The number of anilines is 1. The Hall–Kier alpha value is -1.55. The van der Waals surface area contributed by atoms with Gasteiger partial charge in [0.05, 0.1) is 12.5 Å². The van der Waals surface area contributed by atoms with Crippen LogP contribution in [0.15, 0.2) is 24.3 Å². The summed E-state index contributed by atoms with van der Waals surface area (Å²) >= 11 is 0. The molecular weight excluding hydrogens is 230 g/mol. The van der Waals surface area contributed by atoms with Crippen LogP contribution in [0.5, 0.6) is 0 Å². The second-order valence-corrected chi connectivity index (χ2v) is 4.67. The number of benzene rings is 1. The highest BCUT2D eigenvalue weighted by Gasteiger charge is 2.23. The van der Waals surface area contributed by atoms with Crippen LogP contribution in [0.4, 0.5) is 5.69 Å². The zero-order chi connectivity index (χ0) is 13.0. The molecule has 1 heterocycles. The van der Waals surface area contributed by atoms with Crippen LogP contribution in [0.25, 0.3) is 0 Å². The summed E-state index contributed by atoms with van der Waals surface area (Å²) in [5.74, 6) is -0.508. The van der Waals surface area contributed by atoms with Crippen molar-refractivity contribution in [3.05, 3.63) is 29.8 Å². The van der Waals surface area contributed by atoms with E-state index in [1.807, 2.05) is 25.1 Å². The maximum absolute atomic E-state index is 12.0.